The second kappa shape index (κ2) is 61.7. The number of nitrogens with one attached hydrogen (secondary N) is 5. The van der Waals surface area contributed by atoms with Gasteiger partial charge in [-0.2, -0.15) is 16.8 Å². The van der Waals surface area contributed by atoms with Crippen LogP contribution in [0, 0.1) is 136 Å². The van der Waals surface area contributed by atoms with Crippen LogP contribution in [-0.4, -0.2) is 133 Å². The lowest BCUT2D eigenvalue weighted by molar-refractivity contribution is -0.117. The highest BCUT2D eigenvalue weighted by molar-refractivity contribution is 7.97. The van der Waals surface area contributed by atoms with Crippen molar-refractivity contribution in [2.24, 2.45) is 17.8 Å². The largest absolute Gasteiger partial charge is 0.384 e. The van der Waals surface area contributed by atoms with Gasteiger partial charge in [-0.25, -0.2) is 26.3 Å². The molecule has 0 bridgehead atoms. The molecule has 0 saturated heterocycles. The fourth-order valence-corrected chi connectivity index (χ4v) is 5.48. The minimum Gasteiger partial charge on any atom is -0.384 e. The number of hydrogen-bond donors (Lipinski definition) is 7. The Hall–Kier alpha value is -7.34. The molecule has 3 amide bonds. The van der Waals surface area contributed by atoms with Crippen LogP contribution in [0.15, 0.2) is 0 Å². The quantitative estimate of drug-likeness (QED) is 0.0829. The minimum absolute atomic E-state index is 0.00926. The summed E-state index contributed by atoms with van der Waals surface area (Å²) in [4.78, 5) is 62.9. The van der Waals surface area contributed by atoms with Gasteiger partial charge in [0.05, 0.1) is 10.5 Å². The molecule has 0 heterocycles. The van der Waals surface area contributed by atoms with Gasteiger partial charge in [0, 0.05) is 69.0 Å². The zero-order valence-electron chi connectivity index (χ0n) is 55.2. The van der Waals surface area contributed by atoms with Gasteiger partial charge in [0.2, 0.25) is 37.0 Å². The van der Waals surface area contributed by atoms with Crippen molar-refractivity contribution in [2.45, 2.75) is 207 Å². The van der Waals surface area contributed by atoms with E-state index in [-0.39, 0.29) is 101 Å². The normalized spacial score (nSPS) is 9.38. The molecular weight excluding hydrogens is 1200 g/mol. The average molecular weight is 1300 g/mol. The second-order valence-corrected chi connectivity index (χ2v) is 26.5. The van der Waals surface area contributed by atoms with Gasteiger partial charge in [0.1, 0.15) is 13.2 Å². The van der Waals surface area contributed by atoms with Crippen molar-refractivity contribution in [3.63, 3.8) is 0 Å². The zero-order chi connectivity index (χ0) is 71.5. The number of carbonyl (C=O) groups is 6. The summed E-state index contributed by atoms with van der Waals surface area (Å²) < 4.78 is 89.4. The molecule has 0 spiro atoms. The van der Waals surface area contributed by atoms with Crippen molar-refractivity contribution in [2.75, 3.05) is 13.2 Å². The van der Waals surface area contributed by atoms with E-state index >= 15 is 0 Å². The van der Waals surface area contributed by atoms with Gasteiger partial charge in [0.25, 0.3) is 37.8 Å². The maximum atomic E-state index is 10.8. The highest BCUT2D eigenvalue weighted by Gasteiger charge is 2.11. The Balaban J connectivity index is -0.0000000948. The second-order valence-electron chi connectivity index (χ2n) is 19.1. The predicted molar refractivity (Wildman–Crippen MR) is 351 cm³/mol. The Morgan fingerprint density at radius 1 is 0.368 bits per heavy atom. The van der Waals surface area contributed by atoms with Crippen molar-refractivity contribution >= 4 is 74.8 Å². The number of Topliss-reactive ketones (excluding diaryl/α,β-unsaturated/α-hetero) is 3. The summed E-state index contributed by atoms with van der Waals surface area (Å²) in [5.41, 5.74) is 0. The van der Waals surface area contributed by atoms with Gasteiger partial charge < -0.3 is 26.2 Å². The molecule has 0 aromatic heterocycles. The van der Waals surface area contributed by atoms with Crippen LogP contribution in [0.2, 0.25) is 0 Å². The van der Waals surface area contributed by atoms with Crippen LogP contribution in [-0.2, 0) is 68.5 Å². The van der Waals surface area contributed by atoms with Crippen molar-refractivity contribution in [1.82, 2.24) is 25.4 Å². The lowest BCUT2D eigenvalue weighted by Gasteiger charge is -2.02. The molecule has 0 saturated carbocycles. The number of terminal acetylenes is 4. The molecule has 0 radical (unpaired) electrons. The highest BCUT2D eigenvalue weighted by Crippen LogP contribution is 1.97. The molecule has 0 aliphatic rings. The molecule has 0 aliphatic carbocycles. The van der Waals surface area contributed by atoms with E-state index < -0.39 is 45.0 Å². The van der Waals surface area contributed by atoms with E-state index in [0.717, 1.165) is 0 Å². The summed E-state index contributed by atoms with van der Waals surface area (Å²) in [6.45, 7) is 41.0. The first-order valence-corrected chi connectivity index (χ1v) is 32.4. The first-order chi connectivity index (χ1) is 39.5. The lowest BCUT2D eigenvalue weighted by Crippen LogP contribution is -2.28. The Labute approximate surface area is 525 Å². The van der Waals surface area contributed by atoms with E-state index in [1.165, 1.54) is 13.8 Å². The van der Waals surface area contributed by atoms with Gasteiger partial charge in [-0.3, -0.25) is 28.8 Å². The summed E-state index contributed by atoms with van der Waals surface area (Å²) in [6.07, 6.45) is 18.9. The molecule has 0 aromatic carbocycles. The van der Waals surface area contributed by atoms with E-state index in [1.807, 2.05) is 67.2 Å². The summed E-state index contributed by atoms with van der Waals surface area (Å²) in [5, 5.41) is 30.8. The Morgan fingerprint density at radius 2 is 0.690 bits per heavy atom. The third-order valence-electron chi connectivity index (χ3n) is 6.99. The third kappa shape index (κ3) is 92.6. The number of ketones is 3. The summed E-state index contributed by atoms with van der Waals surface area (Å²) in [6, 6.07) is 0.189. The number of aliphatic hydroxyl groups is 2. The fraction of sp³-hybridized carbons (Fsp3) is 0.581. The topological polar surface area (TPSA) is 340 Å². The molecule has 490 valence electrons. The van der Waals surface area contributed by atoms with E-state index in [1.54, 1.807) is 107 Å². The van der Waals surface area contributed by atoms with Crippen molar-refractivity contribution in [1.29, 1.82) is 0 Å². The van der Waals surface area contributed by atoms with Gasteiger partial charge in [-0.05, 0) is 160 Å². The average Bonchev–Trinajstić information content (AvgIpc) is 3.37. The minimum atomic E-state index is -3.44. The molecule has 0 rings (SSSR count). The predicted octanol–water partition coefficient (Wildman–Crippen LogP) is 3.86. The van der Waals surface area contributed by atoms with Gasteiger partial charge in [0.15, 0.2) is 0 Å². The van der Waals surface area contributed by atoms with Crippen LogP contribution in [0.5, 0.6) is 0 Å². The maximum absolute atomic E-state index is 10.8. The van der Waals surface area contributed by atoms with E-state index in [2.05, 4.69) is 108 Å². The van der Waals surface area contributed by atoms with E-state index in [0.29, 0.717) is 0 Å². The Kier molecular flexibility index (Phi) is 72.1. The van der Waals surface area contributed by atoms with Crippen LogP contribution in [0.25, 0.3) is 0 Å². The zero-order valence-corrected chi connectivity index (χ0v) is 58.5. The number of aliphatic hydroxyl groups excluding tert-OH is 2. The Morgan fingerprint density at radius 3 is 0.874 bits per heavy atom. The molecule has 25 heteroatoms. The first kappa shape index (κ1) is 102. The lowest BCUT2D eigenvalue weighted by atomic mass is 10.1. The van der Waals surface area contributed by atoms with Crippen molar-refractivity contribution < 1.29 is 72.7 Å². The molecule has 0 aliphatic heterocycles. The monoisotopic (exact) mass is 1300 g/mol. The maximum Gasteiger partial charge on any atom is 0.296 e. The first-order valence-electron chi connectivity index (χ1n) is 26.4. The Bertz CT molecular complexity index is 3090. The van der Waals surface area contributed by atoms with Crippen LogP contribution in [0.3, 0.4) is 0 Å². The highest BCUT2D eigenvalue weighted by atomic mass is 32.2. The number of hydrogen-bond acceptors (Lipinski definition) is 16. The molecule has 7 N–H and O–H groups in total. The van der Waals surface area contributed by atoms with Crippen molar-refractivity contribution in [3.8, 4) is 118 Å². The summed E-state index contributed by atoms with van der Waals surface area (Å²) in [7, 11) is -13.1. The number of sulfone groups is 2. The van der Waals surface area contributed by atoms with E-state index in [4.69, 9.17) is 23.1 Å². The van der Waals surface area contributed by atoms with Gasteiger partial charge >= 0.3 is 0 Å². The summed E-state index contributed by atoms with van der Waals surface area (Å²) >= 11 is 0. The molecule has 0 atom stereocenters. The number of rotatable bonds is 12. The molecule has 87 heavy (non-hydrogen) atoms. The van der Waals surface area contributed by atoms with E-state index in [9.17, 15) is 62.4 Å². The molecule has 0 fully saturated rings. The third-order valence-corrected chi connectivity index (χ3v) is 12.6. The van der Waals surface area contributed by atoms with Crippen molar-refractivity contribution in [3.05, 3.63) is 0 Å². The molecule has 0 aromatic rings. The van der Waals surface area contributed by atoms with Gasteiger partial charge in [-0.15, -0.1) is 25.7 Å². The van der Waals surface area contributed by atoms with Crippen LogP contribution >= 0.6 is 0 Å². The number of sulfonamides is 2. The van der Waals surface area contributed by atoms with Crippen LogP contribution in [0.4, 0.5) is 0 Å². The number of carbonyl (C=O) groups excluding carboxylic acids is 6. The standard InChI is InChI=1S/C7H11NO2.C7H11NO.C7H10O2.C7H10O.C6H11NO2S.C6H9NO.C6H10O2S.C6H8O.C5H9NO2S.C5H8O2S/c1-6(2)8-7(10)4-3-5-9;1-4-5-7(9)8-6(2)3;1-6(2)7(9)4-3-5-8;1-4-5-7(8)6(2)3;1-4-5-10(8,9)7-6(2)3;1-4-6(8)7-5(2)3;1-4-5-9(7,8)6(2)3;1-4-6(7)5(2)3;1-4-9(7,8)6-5(2)3;1-4-8(6,7)5(2)3/h6,9H,5H2,1-2H3,(H,8,10);6H,1-3H3,(H,8,9);6,8H,5H2,1-2H3;6H,1-3H3;6-7H,1-3H3;1,5H,2-3H3,(H,7,8);6H,1-3H3;1,5H,2-3H3;1,5-6H,2-3H3;1,5H,2-3H3. The SMILES string of the molecule is C#CC(=O)C(C)C.C#CC(=O)NC(C)C.C#CS(=O)(=O)C(C)C.C#CS(=O)(=O)NC(C)C.CC#CC(=O)C(C)C.CC#CC(=O)NC(C)C.CC#CS(=O)(=O)C(C)C.CC#CS(=O)(=O)NC(C)C.CC(C)C(=O)C#CCO.CC(C)NC(=O)C#CCO. The van der Waals surface area contributed by atoms with Crippen LogP contribution in [0.1, 0.15) is 166 Å². The van der Waals surface area contributed by atoms with Gasteiger partial charge in [-0.1, -0.05) is 77.1 Å². The van der Waals surface area contributed by atoms with Crippen LogP contribution < -0.4 is 25.4 Å². The molecule has 0 unspecified atom stereocenters. The molecular formula is C62H97N5O16S4. The fourth-order valence-electron chi connectivity index (χ4n) is 3.05. The molecule has 21 nitrogen and oxygen atoms in total. The summed E-state index contributed by atoms with van der Waals surface area (Å²) in [5.74, 6) is 26.4. The smallest absolute Gasteiger partial charge is 0.296 e. The number of amides is 3.